The highest BCUT2D eigenvalue weighted by atomic mass is 16.6. The Labute approximate surface area is 141 Å². The molecule has 0 atom stereocenters. The fourth-order valence-electron chi connectivity index (χ4n) is 1.92. The van der Waals surface area contributed by atoms with E-state index in [1.807, 2.05) is 0 Å². The monoisotopic (exact) mass is 352 g/mol. The summed E-state index contributed by atoms with van der Waals surface area (Å²) < 4.78 is 9.82. The molecule has 0 aliphatic heterocycles. The van der Waals surface area contributed by atoms with Gasteiger partial charge in [-0.15, -0.1) is 0 Å². The number of benzene rings is 1. The van der Waals surface area contributed by atoms with Crippen LogP contribution in [0.4, 0.5) is 17.1 Å². The summed E-state index contributed by atoms with van der Waals surface area (Å²) in [7, 11) is 0. The van der Waals surface area contributed by atoms with E-state index in [-0.39, 0.29) is 17.1 Å². The molecule has 2 rings (SSSR count). The van der Waals surface area contributed by atoms with Gasteiger partial charge in [0.1, 0.15) is 18.0 Å². The predicted octanol–water partition coefficient (Wildman–Crippen LogP) is 1.27. The molecule has 12 nitrogen and oxygen atoms in total. The van der Waals surface area contributed by atoms with Crippen molar-refractivity contribution in [1.82, 2.24) is 15.6 Å². The Balaban J connectivity index is 1.73. The smallest absolute Gasteiger partial charge is 0.299 e. The van der Waals surface area contributed by atoms with Gasteiger partial charge in [-0.2, -0.15) is 0 Å². The number of nitro groups is 2. The number of ether oxygens (including phenoxy) is 1. The molecule has 1 aromatic heterocycles. The third-order valence-electron chi connectivity index (χ3n) is 3.13. The van der Waals surface area contributed by atoms with E-state index in [2.05, 4.69) is 25.6 Å². The third-order valence-corrected chi connectivity index (χ3v) is 3.13. The maximum atomic E-state index is 11.0. The van der Waals surface area contributed by atoms with Crippen LogP contribution in [0, 0.1) is 27.2 Å². The van der Waals surface area contributed by atoms with Crippen molar-refractivity contribution >= 4 is 17.1 Å². The molecular weight excluding hydrogens is 336 g/mol. The average Bonchev–Trinajstić information content (AvgIpc) is 2.98. The van der Waals surface area contributed by atoms with Crippen LogP contribution in [0.2, 0.25) is 0 Å². The van der Waals surface area contributed by atoms with Crippen molar-refractivity contribution in [2.45, 2.75) is 6.92 Å². The van der Waals surface area contributed by atoms with Gasteiger partial charge < -0.3 is 15.4 Å². The number of nitrogens with zero attached hydrogens (tertiary/aromatic N) is 4. The molecule has 12 heteroatoms. The minimum absolute atomic E-state index is 0.220. The van der Waals surface area contributed by atoms with Crippen molar-refractivity contribution in [1.29, 1.82) is 0 Å². The molecule has 0 unspecified atom stereocenters. The first kappa shape index (κ1) is 18.1. The first-order chi connectivity index (χ1) is 12.0. The molecule has 0 spiro atoms. The van der Waals surface area contributed by atoms with E-state index in [0.717, 1.165) is 6.07 Å². The summed E-state index contributed by atoms with van der Waals surface area (Å²) in [5.74, 6) is 0.335. The molecule has 1 aromatic carbocycles. The van der Waals surface area contributed by atoms with E-state index in [4.69, 9.17) is 4.74 Å². The average molecular weight is 352 g/mol. The molecule has 2 N–H and O–H groups in total. The first-order valence-electron chi connectivity index (χ1n) is 7.28. The van der Waals surface area contributed by atoms with Crippen LogP contribution in [0.5, 0.6) is 5.88 Å². The number of hydrogen-bond donors (Lipinski definition) is 2. The van der Waals surface area contributed by atoms with Crippen LogP contribution in [0.1, 0.15) is 5.69 Å². The first-order valence-corrected chi connectivity index (χ1v) is 7.28. The second-order valence-electron chi connectivity index (χ2n) is 4.90. The van der Waals surface area contributed by atoms with Crippen molar-refractivity contribution in [2.24, 2.45) is 0 Å². The lowest BCUT2D eigenvalue weighted by atomic mass is 10.2. The van der Waals surface area contributed by atoms with Gasteiger partial charge in [-0.05, 0) is 18.1 Å². The summed E-state index contributed by atoms with van der Waals surface area (Å²) >= 11 is 0. The van der Waals surface area contributed by atoms with E-state index in [1.165, 1.54) is 12.1 Å². The van der Waals surface area contributed by atoms with Crippen molar-refractivity contribution in [3.63, 3.8) is 0 Å². The number of nitrogens with one attached hydrogen (secondary N) is 2. The normalized spacial score (nSPS) is 10.4. The fraction of sp³-hybridized carbons (Fsp3) is 0.385. The van der Waals surface area contributed by atoms with Gasteiger partial charge in [-0.25, -0.2) is 4.63 Å². The Bertz CT molecular complexity index is 748. The molecule has 0 aliphatic carbocycles. The number of anilines is 1. The summed E-state index contributed by atoms with van der Waals surface area (Å²) in [5, 5.41) is 34.8. The Morgan fingerprint density at radius 2 is 1.96 bits per heavy atom. The maximum absolute atomic E-state index is 11.0. The standard InChI is InChI=1S/C13H16N6O6/c1-9-13(17-25-16-9)24-7-6-14-4-5-15-11-3-2-10(18(20)21)8-12(11)19(22)23/h2-3,8,14-15H,4-7H2,1H3. The molecule has 0 amide bonds. The van der Waals surface area contributed by atoms with Gasteiger partial charge >= 0.3 is 0 Å². The summed E-state index contributed by atoms with van der Waals surface area (Å²) in [6.45, 7) is 3.49. The summed E-state index contributed by atoms with van der Waals surface area (Å²) in [6, 6.07) is 3.46. The van der Waals surface area contributed by atoms with Gasteiger partial charge in [0.25, 0.3) is 17.3 Å². The largest absolute Gasteiger partial charge is 0.473 e. The Hall–Kier alpha value is -3.28. The van der Waals surface area contributed by atoms with Crippen LogP contribution in [-0.2, 0) is 0 Å². The molecule has 0 fully saturated rings. The van der Waals surface area contributed by atoms with Gasteiger partial charge in [-0.1, -0.05) is 5.16 Å². The highest BCUT2D eigenvalue weighted by molar-refractivity contribution is 5.65. The van der Waals surface area contributed by atoms with Gasteiger partial charge in [0, 0.05) is 25.7 Å². The van der Waals surface area contributed by atoms with Crippen LogP contribution in [0.15, 0.2) is 22.8 Å². The predicted molar refractivity (Wildman–Crippen MR) is 85.6 cm³/mol. The zero-order valence-electron chi connectivity index (χ0n) is 13.3. The minimum Gasteiger partial charge on any atom is -0.473 e. The summed E-state index contributed by atoms with van der Waals surface area (Å²) in [5.41, 5.74) is 0.113. The highest BCUT2D eigenvalue weighted by Gasteiger charge is 2.18. The molecule has 0 saturated heterocycles. The van der Waals surface area contributed by atoms with Crippen LogP contribution >= 0.6 is 0 Å². The number of aryl methyl sites for hydroxylation is 1. The lowest BCUT2D eigenvalue weighted by Crippen LogP contribution is -2.26. The molecule has 0 bridgehead atoms. The van der Waals surface area contributed by atoms with Crippen molar-refractivity contribution in [3.8, 4) is 5.88 Å². The summed E-state index contributed by atoms with van der Waals surface area (Å²) in [4.78, 5) is 20.3. The Morgan fingerprint density at radius 3 is 2.60 bits per heavy atom. The Kier molecular flexibility index (Phi) is 6.17. The topological polar surface area (TPSA) is 158 Å². The van der Waals surface area contributed by atoms with Gasteiger partial charge in [0.05, 0.1) is 15.9 Å². The number of aromatic nitrogens is 2. The molecular formula is C13H16N6O6. The second kappa shape index (κ2) is 8.54. The van der Waals surface area contributed by atoms with E-state index in [0.29, 0.717) is 37.8 Å². The van der Waals surface area contributed by atoms with Gasteiger partial charge in [0.2, 0.25) is 0 Å². The van der Waals surface area contributed by atoms with Crippen molar-refractivity contribution in [2.75, 3.05) is 31.6 Å². The number of non-ortho nitro benzene ring substituents is 1. The maximum Gasteiger partial charge on any atom is 0.299 e. The van der Waals surface area contributed by atoms with Gasteiger partial charge in [0.15, 0.2) is 0 Å². The molecule has 25 heavy (non-hydrogen) atoms. The number of nitro benzene ring substituents is 2. The lowest BCUT2D eigenvalue weighted by Gasteiger charge is -2.08. The number of hydrogen-bond acceptors (Lipinski definition) is 10. The zero-order chi connectivity index (χ0) is 18.2. The van der Waals surface area contributed by atoms with Crippen molar-refractivity contribution < 1.29 is 19.2 Å². The van der Waals surface area contributed by atoms with E-state index in [9.17, 15) is 20.2 Å². The SMILES string of the molecule is Cc1nonc1OCCNCCNc1ccc([N+](=O)[O-])cc1[N+](=O)[O-]. The molecule has 0 aliphatic rings. The van der Waals surface area contributed by atoms with E-state index >= 15 is 0 Å². The van der Waals surface area contributed by atoms with E-state index < -0.39 is 9.85 Å². The minimum atomic E-state index is -0.676. The van der Waals surface area contributed by atoms with Crippen LogP contribution in [0.25, 0.3) is 0 Å². The summed E-state index contributed by atoms with van der Waals surface area (Å²) in [6.07, 6.45) is 0. The molecule has 0 radical (unpaired) electrons. The lowest BCUT2D eigenvalue weighted by molar-refractivity contribution is -0.393. The molecule has 0 saturated carbocycles. The molecule has 134 valence electrons. The van der Waals surface area contributed by atoms with Crippen LogP contribution < -0.4 is 15.4 Å². The van der Waals surface area contributed by atoms with Crippen molar-refractivity contribution in [3.05, 3.63) is 44.1 Å². The Morgan fingerprint density at radius 1 is 1.16 bits per heavy atom. The third kappa shape index (κ3) is 5.10. The van der Waals surface area contributed by atoms with Crippen LogP contribution in [-0.4, -0.2) is 46.4 Å². The fourth-order valence-corrected chi connectivity index (χ4v) is 1.92. The second-order valence-corrected chi connectivity index (χ2v) is 4.90. The zero-order valence-corrected chi connectivity index (χ0v) is 13.3. The highest BCUT2D eigenvalue weighted by Crippen LogP contribution is 2.28. The van der Waals surface area contributed by atoms with Gasteiger partial charge in [-0.3, -0.25) is 20.2 Å². The number of rotatable bonds is 10. The quantitative estimate of drug-likeness (QED) is 0.362. The van der Waals surface area contributed by atoms with Crippen LogP contribution in [0.3, 0.4) is 0 Å². The van der Waals surface area contributed by atoms with E-state index in [1.54, 1.807) is 6.92 Å². The molecule has 1 heterocycles. The molecule has 2 aromatic rings.